The van der Waals surface area contributed by atoms with Gasteiger partial charge in [-0.3, -0.25) is 4.79 Å². The van der Waals surface area contributed by atoms with Crippen LogP contribution in [-0.4, -0.2) is 16.4 Å². The molecule has 0 unspecified atom stereocenters. The van der Waals surface area contributed by atoms with Gasteiger partial charge in [0.05, 0.1) is 5.39 Å². The van der Waals surface area contributed by atoms with Crippen LogP contribution in [0.25, 0.3) is 11.0 Å². The van der Waals surface area contributed by atoms with Gasteiger partial charge in [0.1, 0.15) is 5.58 Å². The largest absolute Gasteiger partial charge is 0.475 e. The van der Waals surface area contributed by atoms with E-state index in [4.69, 9.17) is 9.52 Å². The second-order valence-electron chi connectivity index (χ2n) is 3.73. The van der Waals surface area contributed by atoms with Gasteiger partial charge in [-0.2, -0.15) is 0 Å². The molecule has 0 spiro atoms. The lowest BCUT2D eigenvalue weighted by Gasteiger charge is -1.99. The summed E-state index contributed by atoms with van der Waals surface area (Å²) in [5, 5.41) is 9.93. The Balaban J connectivity index is 2.54. The van der Waals surface area contributed by atoms with Crippen molar-refractivity contribution in [2.75, 3.05) is 5.33 Å². The fourth-order valence-corrected chi connectivity index (χ4v) is 1.75. The molecule has 0 aliphatic rings. The predicted molar refractivity (Wildman–Crippen MR) is 74.7 cm³/mol. The zero-order valence-electron chi connectivity index (χ0n) is 9.77. The molecule has 4 nitrogen and oxygen atoms in total. The lowest BCUT2D eigenvalue weighted by atomic mass is 10.1. The zero-order chi connectivity index (χ0) is 13.8. The summed E-state index contributed by atoms with van der Waals surface area (Å²) >= 11 is 3.27. The number of halogens is 1. The molecule has 5 heteroatoms. The Morgan fingerprint density at radius 2 is 2.16 bits per heavy atom. The molecule has 2 aromatic rings. The van der Waals surface area contributed by atoms with Crippen LogP contribution < -0.4 is 5.43 Å². The number of alkyl halides is 1. The number of carbonyl (C=O) groups is 1. The van der Waals surface area contributed by atoms with Gasteiger partial charge in [0, 0.05) is 23.4 Å². The second kappa shape index (κ2) is 5.72. The third kappa shape index (κ3) is 3.04. The summed E-state index contributed by atoms with van der Waals surface area (Å²) in [4.78, 5) is 22.6. The highest BCUT2D eigenvalue weighted by Crippen LogP contribution is 2.14. The van der Waals surface area contributed by atoms with Crippen molar-refractivity contribution in [1.29, 1.82) is 0 Å². The highest BCUT2D eigenvalue weighted by atomic mass is 79.9. The first-order valence-corrected chi connectivity index (χ1v) is 6.60. The zero-order valence-corrected chi connectivity index (χ0v) is 11.4. The highest BCUT2D eigenvalue weighted by Gasteiger charge is 2.10. The monoisotopic (exact) mass is 320 g/mol. The Kier molecular flexibility index (Phi) is 4.03. The van der Waals surface area contributed by atoms with E-state index in [1.54, 1.807) is 18.2 Å². The molecule has 96 valence electrons. The molecule has 1 aromatic carbocycles. The van der Waals surface area contributed by atoms with E-state index >= 15 is 0 Å². The number of rotatable bonds is 2. The third-order valence-electron chi connectivity index (χ3n) is 2.39. The van der Waals surface area contributed by atoms with Crippen molar-refractivity contribution in [2.45, 2.75) is 6.42 Å². The van der Waals surface area contributed by atoms with Gasteiger partial charge in [-0.05, 0) is 18.2 Å². The van der Waals surface area contributed by atoms with Crippen LogP contribution >= 0.6 is 15.9 Å². The van der Waals surface area contributed by atoms with Crippen LogP contribution in [-0.2, 0) is 0 Å². The van der Waals surface area contributed by atoms with Crippen LogP contribution in [0.3, 0.4) is 0 Å². The van der Waals surface area contributed by atoms with Crippen molar-refractivity contribution in [3.8, 4) is 11.8 Å². The molecule has 0 amide bonds. The van der Waals surface area contributed by atoms with E-state index in [9.17, 15) is 9.59 Å². The Labute approximate surface area is 117 Å². The molecular weight excluding hydrogens is 312 g/mol. The van der Waals surface area contributed by atoms with Gasteiger partial charge in [0.2, 0.25) is 5.76 Å². The molecule has 1 heterocycles. The number of aromatic carboxylic acids is 1. The molecule has 0 fully saturated rings. The average molecular weight is 321 g/mol. The standard InChI is InChI=1S/C14H9BrO4/c15-6-2-1-3-9-4-5-12-10(7-9)11(16)8-13(19-12)14(17)18/h4-5,7-8H,2,6H2,(H,17,18). The predicted octanol–water partition coefficient (Wildman–Crippen LogP) is 2.63. The summed E-state index contributed by atoms with van der Waals surface area (Å²) in [6.45, 7) is 0. The van der Waals surface area contributed by atoms with Crippen LogP contribution in [0.5, 0.6) is 0 Å². The minimum atomic E-state index is -1.26. The number of carboxylic acids is 1. The van der Waals surface area contributed by atoms with Crippen LogP contribution in [0.2, 0.25) is 0 Å². The van der Waals surface area contributed by atoms with Crippen molar-refractivity contribution >= 4 is 32.9 Å². The number of carboxylic acid groups (broad SMARTS) is 1. The smallest absolute Gasteiger partial charge is 0.371 e. The molecule has 0 saturated heterocycles. The molecule has 0 atom stereocenters. The van der Waals surface area contributed by atoms with Crippen LogP contribution in [0.15, 0.2) is 33.5 Å². The van der Waals surface area contributed by atoms with Gasteiger partial charge < -0.3 is 9.52 Å². The summed E-state index contributed by atoms with van der Waals surface area (Å²) in [5.74, 6) is 4.24. The lowest BCUT2D eigenvalue weighted by Crippen LogP contribution is -2.06. The maximum Gasteiger partial charge on any atom is 0.371 e. The number of hydrogen-bond donors (Lipinski definition) is 1. The summed E-state index contributed by atoms with van der Waals surface area (Å²) in [5.41, 5.74) is 0.558. The molecule has 0 aliphatic heterocycles. The summed E-state index contributed by atoms with van der Waals surface area (Å²) in [6.07, 6.45) is 0.713. The maximum absolute atomic E-state index is 11.8. The topological polar surface area (TPSA) is 67.5 Å². The van der Waals surface area contributed by atoms with Crippen molar-refractivity contribution in [3.05, 3.63) is 45.8 Å². The van der Waals surface area contributed by atoms with Crippen molar-refractivity contribution < 1.29 is 14.3 Å². The van der Waals surface area contributed by atoms with E-state index in [0.29, 0.717) is 17.4 Å². The first-order valence-electron chi connectivity index (χ1n) is 5.48. The van der Waals surface area contributed by atoms with Crippen LogP contribution in [0.1, 0.15) is 22.5 Å². The molecule has 0 aliphatic carbocycles. The second-order valence-corrected chi connectivity index (χ2v) is 4.52. The lowest BCUT2D eigenvalue weighted by molar-refractivity contribution is 0.0663. The van der Waals surface area contributed by atoms with Gasteiger partial charge in [0.15, 0.2) is 5.43 Å². The van der Waals surface area contributed by atoms with E-state index in [1.165, 1.54) is 0 Å². The molecule has 2 rings (SSSR count). The number of hydrogen-bond acceptors (Lipinski definition) is 3. The molecule has 1 aromatic heterocycles. The van der Waals surface area contributed by atoms with E-state index in [-0.39, 0.29) is 16.8 Å². The van der Waals surface area contributed by atoms with Gasteiger partial charge in [-0.15, -0.1) is 0 Å². The first kappa shape index (κ1) is 13.4. The van der Waals surface area contributed by atoms with Crippen LogP contribution in [0.4, 0.5) is 0 Å². The summed E-state index contributed by atoms with van der Waals surface area (Å²) in [7, 11) is 0. The maximum atomic E-state index is 11.8. The van der Waals surface area contributed by atoms with Gasteiger partial charge >= 0.3 is 5.97 Å². The first-order chi connectivity index (χ1) is 9.11. The van der Waals surface area contributed by atoms with Gasteiger partial charge in [-0.25, -0.2) is 4.79 Å². The van der Waals surface area contributed by atoms with E-state index in [2.05, 4.69) is 27.8 Å². The fourth-order valence-electron chi connectivity index (χ4n) is 1.55. The van der Waals surface area contributed by atoms with E-state index in [0.717, 1.165) is 11.4 Å². The minimum Gasteiger partial charge on any atom is -0.475 e. The van der Waals surface area contributed by atoms with Crippen molar-refractivity contribution in [2.24, 2.45) is 0 Å². The molecule has 0 saturated carbocycles. The highest BCUT2D eigenvalue weighted by molar-refractivity contribution is 9.09. The normalized spacial score (nSPS) is 9.95. The van der Waals surface area contributed by atoms with Crippen LogP contribution in [0, 0.1) is 11.8 Å². The van der Waals surface area contributed by atoms with Crippen molar-refractivity contribution in [1.82, 2.24) is 0 Å². The Bertz CT molecular complexity index is 749. The molecular formula is C14H9BrO4. The van der Waals surface area contributed by atoms with E-state index in [1.807, 2.05) is 0 Å². The van der Waals surface area contributed by atoms with Crippen molar-refractivity contribution in [3.63, 3.8) is 0 Å². The molecule has 1 N–H and O–H groups in total. The summed E-state index contributed by atoms with van der Waals surface area (Å²) in [6, 6.07) is 5.83. The molecule has 0 bridgehead atoms. The number of benzene rings is 1. The van der Waals surface area contributed by atoms with Gasteiger partial charge in [0.25, 0.3) is 0 Å². The SMILES string of the molecule is O=C(O)c1cc(=O)c2cc(C#CCCBr)ccc2o1. The summed E-state index contributed by atoms with van der Waals surface area (Å²) < 4.78 is 5.13. The third-order valence-corrected chi connectivity index (χ3v) is 2.79. The minimum absolute atomic E-state index is 0.246. The van der Waals surface area contributed by atoms with Gasteiger partial charge in [-0.1, -0.05) is 27.8 Å². The quantitative estimate of drug-likeness (QED) is 0.682. The average Bonchev–Trinajstić information content (AvgIpc) is 2.39. The fraction of sp³-hybridized carbons (Fsp3) is 0.143. The Morgan fingerprint density at radius 3 is 2.84 bits per heavy atom. The molecule has 0 radical (unpaired) electrons. The number of fused-ring (bicyclic) bond motifs is 1. The Morgan fingerprint density at radius 1 is 1.37 bits per heavy atom. The Hall–Kier alpha value is -2.06. The van der Waals surface area contributed by atoms with E-state index < -0.39 is 5.97 Å². The molecule has 19 heavy (non-hydrogen) atoms.